The van der Waals surface area contributed by atoms with Gasteiger partial charge in [0.25, 0.3) is 0 Å². The lowest BCUT2D eigenvalue weighted by Crippen LogP contribution is -2.38. The second kappa shape index (κ2) is 6.91. The lowest BCUT2D eigenvalue weighted by molar-refractivity contribution is 0.209. The fourth-order valence-electron chi connectivity index (χ4n) is 2.65. The predicted octanol–water partition coefficient (Wildman–Crippen LogP) is 2.68. The Balaban J connectivity index is 1.93. The molecule has 1 heterocycles. The fraction of sp³-hybridized carbons (Fsp3) is 0.625. The van der Waals surface area contributed by atoms with E-state index in [1.165, 1.54) is 30.6 Å². The fourth-order valence-corrected chi connectivity index (χ4v) is 2.65. The van der Waals surface area contributed by atoms with Crippen LogP contribution in [-0.4, -0.2) is 31.1 Å². The van der Waals surface area contributed by atoms with Gasteiger partial charge in [-0.1, -0.05) is 38.1 Å². The van der Waals surface area contributed by atoms with E-state index in [1.54, 1.807) is 0 Å². The molecule has 0 amide bonds. The van der Waals surface area contributed by atoms with E-state index in [0.717, 1.165) is 32.0 Å². The van der Waals surface area contributed by atoms with Crippen LogP contribution >= 0.6 is 0 Å². The van der Waals surface area contributed by atoms with Crippen molar-refractivity contribution in [3.8, 4) is 0 Å². The van der Waals surface area contributed by atoms with Crippen molar-refractivity contribution in [1.82, 2.24) is 10.2 Å². The third kappa shape index (κ3) is 4.11. The first-order valence-electron chi connectivity index (χ1n) is 7.29. The van der Waals surface area contributed by atoms with Gasteiger partial charge in [-0.15, -0.1) is 0 Å². The average molecular weight is 246 g/mol. The minimum absolute atomic E-state index is 0.750. The van der Waals surface area contributed by atoms with Crippen LogP contribution in [0.15, 0.2) is 24.3 Å². The molecule has 0 radical (unpaired) electrons. The summed E-state index contributed by atoms with van der Waals surface area (Å²) in [4.78, 5) is 2.60. The zero-order chi connectivity index (χ0) is 12.8. The quantitative estimate of drug-likeness (QED) is 0.882. The van der Waals surface area contributed by atoms with Crippen LogP contribution in [0.3, 0.4) is 0 Å². The Morgan fingerprint density at radius 1 is 1.22 bits per heavy atom. The SMILES string of the molecule is CCc1ccc(CN2CCCNCC(C)C2)cc1. The van der Waals surface area contributed by atoms with Gasteiger partial charge in [-0.2, -0.15) is 0 Å². The Labute approximate surface area is 111 Å². The van der Waals surface area contributed by atoms with Gasteiger partial charge in [0.1, 0.15) is 0 Å². The van der Waals surface area contributed by atoms with Crippen molar-refractivity contribution in [2.24, 2.45) is 5.92 Å². The maximum absolute atomic E-state index is 3.51. The highest BCUT2D eigenvalue weighted by Crippen LogP contribution is 2.11. The lowest BCUT2D eigenvalue weighted by Gasteiger charge is -2.28. The molecular weight excluding hydrogens is 220 g/mol. The van der Waals surface area contributed by atoms with Crippen molar-refractivity contribution in [3.63, 3.8) is 0 Å². The number of benzene rings is 1. The third-order valence-electron chi connectivity index (χ3n) is 3.73. The smallest absolute Gasteiger partial charge is 0.0233 e. The second-order valence-electron chi connectivity index (χ2n) is 5.57. The molecule has 2 rings (SSSR count). The Hall–Kier alpha value is -0.860. The monoisotopic (exact) mass is 246 g/mol. The molecule has 1 N–H and O–H groups in total. The zero-order valence-electron chi connectivity index (χ0n) is 11.8. The molecule has 18 heavy (non-hydrogen) atoms. The van der Waals surface area contributed by atoms with Gasteiger partial charge in [-0.25, -0.2) is 0 Å². The molecule has 1 aliphatic heterocycles. The molecule has 0 saturated carbocycles. The van der Waals surface area contributed by atoms with Gasteiger partial charge < -0.3 is 5.32 Å². The van der Waals surface area contributed by atoms with Gasteiger partial charge in [0.2, 0.25) is 0 Å². The highest BCUT2D eigenvalue weighted by molar-refractivity contribution is 5.22. The number of hydrogen-bond acceptors (Lipinski definition) is 2. The molecule has 0 aromatic heterocycles. The minimum atomic E-state index is 0.750. The van der Waals surface area contributed by atoms with Gasteiger partial charge in [-0.3, -0.25) is 4.90 Å². The first kappa shape index (κ1) is 13.6. The molecule has 2 heteroatoms. The predicted molar refractivity (Wildman–Crippen MR) is 77.7 cm³/mol. The highest BCUT2D eigenvalue weighted by atomic mass is 15.1. The molecule has 1 aromatic rings. The van der Waals surface area contributed by atoms with E-state index in [-0.39, 0.29) is 0 Å². The van der Waals surface area contributed by atoms with Crippen molar-refractivity contribution >= 4 is 0 Å². The van der Waals surface area contributed by atoms with Crippen LogP contribution in [0, 0.1) is 5.92 Å². The number of aryl methyl sites for hydroxylation is 1. The number of rotatable bonds is 3. The summed E-state index contributed by atoms with van der Waals surface area (Å²) in [6.45, 7) is 10.4. The first-order chi connectivity index (χ1) is 8.78. The molecule has 100 valence electrons. The van der Waals surface area contributed by atoms with Crippen molar-refractivity contribution in [3.05, 3.63) is 35.4 Å². The summed E-state index contributed by atoms with van der Waals surface area (Å²) in [5.74, 6) is 0.750. The number of nitrogens with zero attached hydrogens (tertiary/aromatic N) is 1. The standard InChI is InChI=1S/C16H26N2/c1-3-15-5-7-16(8-6-15)13-18-10-4-9-17-11-14(2)12-18/h5-8,14,17H,3-4,9-13H2,1-2H3. The van der Waals surface area contributed by atoms with Gasteiger partial charge in [0.05, 0.1) is 0 Å². The lowest BCUT2D eigenvalue weighted by atomic mass is 10.1. The largest absolute Gasteiger partial charge is 0.316 e. The van der Waals surface area contributed by atoms with Crippen LogP contribution in [-0.2, 0) is 13.0 Å². The highest BCUT2D eigenvalue weighted by Gasteiger charge is 2.13. The minimum Gasteiger partial charge on any atom is -0.316 e. The molecular formula is C16H26N2. The van der Waals surface area contributed by atoms with E-state index in [0.29, 0.717) is 0 Å². The van der Waals surface area contributed by atoms with E-state index in [4.69, 9.17) is 0 Å². The summed E-state index contributed by atoms with van der Waals surface area (Å²) in [5, 5.41) is 3.51. The van der Waals surface area contributed by atoms with Gasteiger partial charge in [0.15, 0.2) is 0 Å². The Kier molecular flexibility index (Phi) is 5.21. The molecule has 1 aromatic carbocycles. The molecule has 0 spiro atoms. The number of hydrogen-bond donors (Lipinski definition) is 1. The first-order valence-corrected chi connectivity index (χ1v) is 7.29. The average Bonchev–Trinajstić information content (AvgIpc) is 2.36. The summed E-state index contributed by atoms with van der Waals surface area (Å²) in [6, 6.07) is 9.12. The zero-order valence-corrected chi connectivity index (χ0v) is 11.8. The topological polar surface area (TPSA) is 15.3 Å². The maximum Gasteiger partial charge on any atom is 0.0233 e. The van der Waals surface area contributed by atoms with Crippen LogP contribution in [0.25, 0.3) is 0 Å². The van der Waals surface area contributed by atoms with Crippen molar-refractivity contribution in [1.29, 1.82) is 0 Å². The van der Waals surface area contributed by atoms with Gasteiger partial charge in [-0.05, 0) is 49.5 Å². The van der Waals surface area contributed by atoms with Crippen molar-refractivity contribution in [2.75, 3.05) is 26.2 Å². The van der Waals surface area contributed by atoms with E-state index in [2.05, 4.69) is 48.3 Å². The summed E-state index contributed by atoms with van der Waals surface area (Å²) in [7, 11) is 0. The normalized spacial score (nSPS) is 22.4. The van der Waals surface area contributed by atoms with E-state index in [1.807, 2.05) is 0 Å². The van der Waals surface area contributed by atoms with Gasteiger partial charge >= 0.3 is 0 Å². The van der Waals surface area contributed by atoms with Gasteiger partial charge in [0, 0.05) is 13.1 Å². The van der Waals surface area contributed by atoms with E-state index >= 15 is 0 Å². The van der Waals surface area contributed by atoms with E-state index in [9.17, 15) is 0 Å². The van der Waals surface area contributed by atoms with Crippen molar-refractivity contribution in [2.45, 2.75) is 33.2 Å². The molecule has 1 aliphatic rings. The second-order valence-corrected chi connectivity index (χ2v) is 5.57. The Morgan fingerprint density at radius 3 is 2.67 bits per heavy atom. The third-order valence-corrected chi connectivity index (χ3v) is 3.73. The Morgan fingerprint density at radius 2 is 1.94 bits per heavy atom. The molecule has 1 saturated heterocycles. The maximum atomic E-state index is 3.51. The molecule has 1 fully saturated rings. The molecule has 1 unspecified atom stereocenters. The molecule has 2 nitrogen and oxygen atoms in total. The van der Waals surface area contributed by atoms with Crippen molar-refractivity contribution < 1.29 is 0 Å². The molecule has 1 atom stereocenters. The summed E-state index contributed by atoms with van der Waals surface area (Å²) < 4.78 is 0. The summed E-state index contributed by atoms with van der Waals surface area (Å²) in [6.07, 6.45) is 2.40. The summed E-state index contributed by atoms with van der Waals surface area (Å²) in [5.41, 5.74) is 2.89. The Bertz CT molecular complexity index is 345. The van der Waals surface area contributed by atoms with Crippen LogP contribution in [0.1, 0.15) is 31.4 Å². The number of nitrogens with one attached hydrogen (secondary N) is 1. The van der Waals surface area contributed by atoms with Crippen LogP contribution in [0.4, 0.5) is 0 Å². The van der Waals surface area contributed by atoms with Crippen LogP contribution < -0.4 is 5.32 Å². The van der Waals surface area contributed by atoms with Crippen LogP contribution in [0.2, 0.25) is 0 Å². The van der Waals surface area contributed by atoms with E-state index < -0.39 is 0 Å². The summed E-state index contributed by atoms with van der Waals surface area (Å²) >= 11 is 0. The molecule has 0 aliphatic carbocycles. The van der Waals surface area contributed by atoms with Crippen LogP contribution in [0.5, 0.6) is 0 Å². The molecule has 0 bridgehead atoms.